The lowest BCUT2D eigenvalue weighted by atomic mass is 9.95. The summed E-state index contributed by atoms with van der Waals surface area (Å²) in [5.41, 5.74) is 6.63. The number of nitrogens with one attached hydrogen (secondary N) is 2. The zero-order valence-electron chi connectivity index (χ0n) is 30.7. The maximum atomic E-state index is 14.0. The van der Waals surface area contributed by atoms with Crippen LogP contribution in [0.2, 0.25) is 0 Å². The molecule has 1 aliphatic rings. The molecule has 3 rings (SSSR count). The lowest BCUT2D eigenvalue weighted by Crippen LogP contribution is -2.57. The Hall–Kier alpha value is -4.04. The molecular formula is C37H56N6O7S. The first-order valence-electron chi connectivity index (χ1n) is 18.1. The van der Waals surface area contributed by atoms with Crippen LogP contribution >= 0.6 is 11.3 Å². The predicted octanol–water partition coefficient (Wildman–Crippen LogP) is 3.78. The molecule has 0 saturated carbocycles. The number of aromatic hydroxyl groups is 1. The number of phenolic OH excluding ortho intramolecular Hbond substituents is 1. The molecule has 1 unspecified atom stereocenters. The molecule has 51 heavy (non-hydrogen) atoms. The fourth-order valence-corrected chi connectivity index (χ4v) is 6.88. The molecule has 5 atom stereocenters. The number of hydrogen-bond acceptors (Lipinski definition) is 10. The van der Waals surface area contributed by atoms with E-state index in [0.29, 0.717) is 43.5 Å². The number of carbonyl (C=O) groups excluding carboxylic acids is 5. The zero-order valence-corrected chi connectivity index (χ0v) is 31.5. The average molecular weight is 729 g/mol. The van der Waals surface area contributed by atoms with Gasteiger partial charge < -0.3 is 31.1 Å². The van der Waals surface area contributed by atoms with Crippen molar-refractivity contribution in [1.29, 1.82) is 0 Å². The Balaban J connectivity index is 1.68. The van der Waals surface area contributed by atoms with E-state index in [1.807, 2.05) is 32.7 Å². The molecule has 0 bridgehead atoms. The first-order valence-corrected chi connectivity index (χ1v) is 19.0. The van der Waals surface area contributed by atoms with Crippen LogP contribution in [0.5, 0.6) is 5.75 Å². The topological polar surface area (TPSA) is 184 Å². The number of primary amides is 1. The summed E-state index contributed by atoms with van der Waals surface area (Å²) in [6.45, 7) is 8.36. The van der Waals surface area contributed by atoms with Crippen molar-refractivity contribution in [2.45, 2.75) is 110 Å². The summed E-state index contributed by atoms with van der Waals surface area (Å²) in [6, 6.07) is 5.19. The number of thiazole rings is 1. The van der Waals surface area contributed by atoms with Gasteiger partial charge in [0.25, 0.3) is 5.91 Å². The molecule has 1 aromatic heterocycles. The first-order chi connectivity index (χ1) is 24.3. The maximum Gasteiger partial charge on any atom is 0.307 e. The number of phenols is 1. The van der Waals surface area contributed by atoms with Gasteiger partial charge in [0, 0.05) is 36.7 Å². The number of aromatic nitrogens is 1. The number of piperidine rings is 1. The molecule has 282 valence electrons. The van der Waals surface area contributed by atoms with Crippen molar-refractivity contribution in [3.63, 3.8) is 0 Å². The number of benzene rings is 1. The van der Waals surface area contributed by atoms with E-state index < -0.39 is 29.9 Å². The van der Waals surface area contributed by atoms with Crippen molar-refractivity contribution in [2.75, 3.05) is 26.9 Å². The lowest BCUT2D eigenvalue weighted by molar-refractivity contribution is -0.155. The third kappa shape index (κ3) is 13.2. The number of nitrogens with zero attached hydrogens (tertiary/aromatic N) is 3. The van der Waals surface area contributed by atoms with E-state index in [9.17, 15) is 29.1 Å². The van der Waals surface area contributed by atoms with Gasteiger partial charge in [0.2, 0.25) is 17.7 Å². The molecular weight excluding hydrogens is 673 g/mol. The largest absolute Gasteiger partial charge is 0.508 e. The molecule has 2 heterocycles. The number of esters is 1. The van der Waals surface area contributed by atoms with Crippen LogP contribution < -0.4 is 16.4 Å². The molecule has 2 aromatic rings. The van der Waals surface area contributed by atoms with E-state index in [1.165, 1.54) is 16.2 Å². The van der Waals surface area contributed by atoms with Crippen LogP contribution in [0.1, 0.15) is 100 Å². The fraction of sp³-hybridized carbons (Fsp3) is 0.622. The monoisotopic (exact) mass is 728 g/mol. The molecule has 0 radical (unpaired) electrons. The van der Waals surface area contributed by atoms with Crippen molar-refractivity contribution in [3.05, 3.63) is 45.9 Å². The number of rotatable bonds is 20. The molecule has 4 amide bonds. The van der Waals surface area contributed by atoms with Gasteiger partial charge in [0.15, 0.2) is 6.73 Å². The molecule has 5 N–H and O–H groups in total. The van der Waals surface area contributed by atoms with Gasteiger partial charge in [-0.05, 0) is 75.7 Å². The predicted molar refractivity (Wildman–Crippen MR) is 196 cm³/mol. The molecule has 1 fully saturated rings. The van der Waals surface area contributed by atoms with Crippen LogP contribution in [0.25, 0.3) is 0 Å². The Kier molecular flexibility index (Phi) is 16.8. The zero-order chi connectivity index (χ0) is 37.5. The van der Waals surface area contributed by atoms with Crippen molar-refractivity contribution >= 4 is 40.9 Å². The van der Waals surface area contributed by atoms with E-state index >= 15 is 0 Å². The third-order valence-electron chi connectivity index (χ3n) is 9.48. The molecule has 0 spiro atoms. The van der Waals surface area contributed by atoms with Gasteiger partial charge >= 0.3 is 5.97 Å². The minimum atomic E-state index is -0.773. The van der Waals surface area contributed by atoms with Crippen LogP contribution in [-0.4, -0.2) is 94.5 Å². The minimum absolute atomic E-state index is 0.134. The smallest absolute Gasteiger partial charge is 0.307 e. The highest BCUT2D eigenvalue weighted by Crippen LogP contribution is 2.20. The highest BCUT2D eigenvalue weighted by atomic mass is 32.1. The van der Waals surface area contributed by atoms with E-state index in [2.05, 4.69) is 15.6 Å². The van der Waals surface area contributed by atoms with E-state index in [0.717, 1.165) is 31.4 Å². The van der Waals surface area contributed by atoms with Crippen LogP contribution in [-0.2, 0) is 36.8 Å². The number of carbonyl (C=O) groups is 5. The highest BCUT2D eigenvalue weighted by molar-refractivity contribution is 7.09. The summed E-state index contributed by atoms with van der Waals surface area (Å²) in [4.78, 5) is 72.8. The van der Waals surface area contributed by atoms with Crippen molar-refractivity contribution in [2.24, 2.45) is 17.6 Å². The SMILES string of the molecule is CCCC(=O)OCN(CCCc1nc(C(=O)N[C@@H](Cc2ccc(O)cc2)C[C@H](C)C(N)=O)cs1)C(=O)[C@@H](NC(=O)C1CCCCN1C)[C@@H](C)CC. The molecule has 1 aliphatic heterocycles. The second-order valence-electron chi connectivity index (χ2n) is 13.7. The summed E-state index contributed by atoms with van der Waals surface area (Å²) >= 11 is 1.33. The van der Waals surface area contributed by atoms with E-state index in [1.54, 1.807) is 36.6 Å². The quantitative estimate of drug-likeness (QED) is 0.116. The number of ether oxygens (including phenoxy) is 1. The minimum Gasteiger partial charge on any atom is -0.508 e. The number of hydrogen-bond donors (Lipinski definition) is 4. The third-order valence-corrected chi connectivity index (χ3v) is 10.4. The van der Waals surface area contributed by atoms with Gasteiger partial charge in [-0.2, -0.15) is 0 Å². The van der Waals surface area contributed by atoms with Crippen LogP contribution in [0.3, 0.4) is 0 Å². The van der Waals surface area contributed by atoms with E-state index in [-0.39, 0.29) is 60.8 Å². The standard InChI is InChI=1S/C37H56N6O7S/c1-6-11-32(45)50-23-43(37(49)33(24(3)7-2)41-36(48)30-12-8-9-18-42(30)5)19-10-13-31-40-29(22-51-31)35(47)39-27(20-25(4)34(38)46)21-26-14-16-28(44)17-15-26/h14-17,22,24-25,27,30,33,44H,6-13,18-21,23H2,1-5H3,(H2,38,46)(H,39,47)(H,41,48)/t24-,25-,27+,30?,33-/m0/s1. The van der Waals surface area contributed by atoms with Crippen LogP contribution in [0.15, 0.2) is 29.6 Å². The number of likely N-dealkylation sites (tertiary alicyclic amines) is 1. The Morgan fingerprint density at radius 2 is 1.84 bits per heavy atom. The number of nitrogens with two attached hydrogens (primary N) is 1. The summed E-state index contributed by atoms with van der Waals surface area (Å²) < 4.78 is 5.47. The Bertz CT molecular complexity index is 1450. The molecule has 0 aliphatic carbocycles. The van der Waals surface area contributed by atoms with Gasteiger partial charge in [-0.3, -0.25) is 28.9 Å². The summed E-state index contributed by atoms with van der Waals surface area (Å²) in [6.07, 6.45) is 5.98. The summed E-state index contributed by atoms with van der Waals surface area (Å²) in [7, 11) is 1.93. The lowest BCUT2D eigenvalue weighted by Gasteiger charge is -2.35. The van der Waals surface area contributed by atoms with E-state index in [4.69, 9.17) is 10.5 Å². The summed E-state index contributed by atoms with van der Waals surface area (Å²) in [5, 5.41) is 18.0. The first kappa shape index (κ1) is 41.4. The molecule has 13 nitrogen and oxygen atoms in total. The van der Waals surface area contributed by atoms with Gasteiger partial charge in [0.1, 0.15) is 17.5 Å². The van der Waals surface area contributed by atoms with Gasteiger partial charge in [0.05, 0.1) is 11.0 Å². The van der Waals surface area contributed by atoms with Crippen molar-refractivity contribution < 1.29 is 33.8 Å². The average Bonchev–Trinajstić information content (AvgIpc) is 3.58. The Labute approximate surface area is 305 Å². The van der Waals surface area contributed by atoms with Crippen molar-refractivity contribution in [1.82, 2.24) is 25.4 Å². The highest BCUT2D eigenvalue weighted by Gasteiger charge is 2.34. The number of likely N-dealkylation sites (N-methyl/N-ethyl adjacent to an activating group) is 1. The molecule has 14 heteroatoms. The fourth-order valence-electron chi connectivity index (χ4n) is 6.06. The van der Waals surface area contributed by atoms with Gasteiger partial charge in [-0.25, -0.2) is 4.98 Å². The van der Waals surface area contributed by atoms with Crippen LogP contribution in [0.4, 0.5) is 0 Å². The number of aryl methyl sites for hydroxylation is 1. The molecule has 1 saturated heterocycles. The normalized spacial score (nSPS) is 17.1. The Morgan fingerprint density at radius 1 is 1.12 bits per heavy atom. The van der Waals surface area contributed by atoms with Gasteiger partial charge in [-0.15, -0.1) is 11.3 Å². The van der Waals surface area contributed by atoms with Gasteiger partial charge in [-0.1, -0.05) is 52.7 Å². The Morgan fingerprint density at radius 3 is 2.49 bits per heavy atom. The summed E-state index contributed by atoms with van der Waals surface area (Å²) in [5.74, 6) is -2.18. The second-order valence-corrected chi connectivity index (χ2v) is 14.6. The second kappa shape index (κ2) is 20.7. The maximum absolute atomic E-state index is 14.0. The van der Waals surface area contributed by atoms with Crippen molar-refractivity contribution in [3.8, 4) is 5.75 Å². The number of amides is 4. The molecule has 1 aromatic carbocycles. The van der Waals surface area contributed by atoms with Crippen LogP contribution in [0, 0.1) is 11.8 Å².